The number of carbonyl (C=O) groups is 2. The van der Waals surface area contributed by atoms with Crippen LogP contribution in [0.25, 0.3) is 0 Å². The lowest BCUT2D eigenvalue weighted by atomic mass is 9.97. The topological polar surface area (TPSA) is 87.5 Å². The molecule has 0 radical (unpaired) electrons. The normalized spacial score (nSPS) is 11.5. The Balaban J connectivity index is 2.69. The van der Waals surface area contributed by atoms with Crippen LogP contribution in [0, 0.1) is 12.3 Å². The molecule has 0 aliphatic heterocycles. The van der Waals surface area contributed by atoms with E-state index in [0.717, 1.165) is 9.22 Å². The first kappa shape index (κ1) is 15.0. The molecule has 0 saturated carbocycles. The quantitative estimate of drug-likeness (QED) is 0.781. The summed E-state index contributed by atoms with van der Waals surface area (Å²) >= 11 is 2.67. The minimum absolute atomic E-state index is 0.0353. The van der Waals surface area contributed by atoms with Crippen molar-refractivity contribution in [3.05, 3.63) is 10.6 Å². The Hall–Kier alpha value is -1.08. The van der Waals surface area contributed by atoms with Crippen LogP contribution in [-0.4, -0.2) is 32.9 Å². The van der Waals surface area contributed by atoms with Gasteiger partial charge in [0.2, 0.25) is 0 Å². The molecule has 0 amide bonds. The number of hydrogen-bond acceptors (Lipinski definition) is 5. The summed E-state index contributed by atoms with van der Waals surface area (Å²) in [5, 5.41) is 17.7. The van der Waals surface area contributed by atoms with E-state index in [4.69, 9.17) is 10.2 Å². The molecule has 0 unspecified atom stereocenters. The van der Waals surface area contributed by atoms with Gasteiger partial charge < -0.3 is 10.2 Å². The van der Waals surface area contributed by atoms with Gasteiger partial charge in [0, 0.05) is 10.6 Å². The van der Waals surface area contributed by atoms with E-state index in [9.17, 15) is 9.59 Å². The third-order valence-corrected chi connectivity index (χ3v) is 5.08. The second kappa shape index (κ2) is 5.71. The van der Waals surface area contributed by atoms with Crippen molar-refractivity contribution in [2.24, 2.45) is 5.41 Å². The van der Waals surface area contributed by atoms with Gasteiger partial charge in [0.1, 0.15) is 4.34 Å². The van der Waals surface area contributed by atoms with Crippen molar-refractivity contribution in [2.75, 3.05) is 5.75 Å². The maximum absolute atomic E-state index is 11.0. The number of carboxylic acids is 2. The van der Waals surface area contributed by atoms with Gasteiger partial charge in [-0.1, -0.05) is 11.8 Å². The van der Waals surface area contributed by atoms with Crippen molar-refractivity contribution >= 4 is 35.0 Å². The molecule has 7 heteroatoms. The fourth-order valence-corrected chi connectivity index (χ4v) is 3.37. The van der Waals surface area contributed by atoms with Gasteiger partial charge in [-0.3, -0.25) is 9.59 Å². The van der Waals surface area contributed by atoms with Crippen LogP contribution < -0.4 is 0 Å². The highest BCUT2D eigenvalue weighted by Crippen LogP contribution is 2.32. The van der Waals surface area contributed by atoms with Gasteiger partial charge in [-0.25, -0.2) is 4.98 Å². The molecule has 0 saturated heterocycles. The molecule has 0 aliphatic carbocycles. The molecule has 0 aromatic carbocycles. The summed E-state index contributed by atoms with van der Waals surface area (Å²) in [6.07, 6.45) is -0.0353. The highest BCUT2D eigenvalue weighted by molar-refractivity contribution is 8.01. The van der Waals surface area contributed by atoms with Gasteiger partial charge in [0.05, 0.1) is 17.5 Å². The molecule has 5 nitrogen and oxygen atoms in total. The molecule has 1 heterocycles. The van der Waals surface area contributed by atoms with Gasteiger partial charge in [-0.05, 0) is 20.8 Å². The predicted molar refractivity (Wildman–Crippen MR) is 70.3 cm³/mol. The second-order valence-electron chi connectivity index (χ2n) is 4.54. The first-order valence-electron chi connectivity index (χ1n) is 5.26. The number of aromatic nitrogens is 1. The van der Waals surface area contributed by atoms with Crippen LogP contribution >= 0.6 is 23.1 Å². The molecular weight excluding hydrogens is 274 g/mol. The SMILES string of the molecule is Cc1nc(SCC(C)(C)C(=O)O)sc1CC(=O)O. The Morgan fingerprint density at radius 2 is 2.00 bits per heavy atom. The summed E-state index contributed by atoms with van der Waals surface area (Å²) in [5.74, 6) is -1.33. The van der Waals surface area contributed by atoms with E-state index >= 15 is 0 Å². The zero-order valence-corrected chi connectivity index (χ0v) is 12.0. The fraction of sp³-hybridized carbons (Fsp3) is 0.545. The van der Waals surface area contributed by atoms with Crippen LogP contribution in [0.2, 0.25) is 0 Å². The first-order chi connectivity index (χ1) is 8.22. The minimum Gasteiger partial charge on any atom is -0.481 e. The number of hydrogen-bond donors (Lipinski definition) is 2. The van der Waals surface area contributed by atoms with Gasteiger partial charge in [0.25, 0.3) is 0 Å². The summed E-state index contributed by atoms with van der Waals surface area (Å²) < 4.78 is 0.720. The van der Waals surface area contributed by atoms with Crippen LogP contribution in [0.5, 0.6) is 0 Å². The highest BCUT2D eigenvalue weighted by atomic mass is 32.2. The number of aryl methyl sites for hydroxylation is 1. The third kappa shape index (κ3) is 3.99. The lowest BCUT2D eigenvalue weighted by molar-refractivity contribution is -0.145. The van der Waals surface area contributed by atoms with Crippen molar-refractivity contribution < 1.29 is 19.8 Å². The molecule has 0 aliphatic rings. The average molecular weight is 289 g/mol. The highest BCUT2D eigenvalue weighted by Gasteiger charge is 2.27. The molecule has 2 N–H and O–H groups in total. The summed E-state index contributed by atoms with van der Waals surface area (Å²) in [5.41, 5.74) is -0.116. The molecular formula is C11H15NO4S2. The van der Waals surface area contributed by atoms with E-state index in [2.05, 4.69) is 4.98 Å². The lowest BCUT2D eigenvalue weighted by Crippen LogP contribution is -2.26. The Bertz CT molecular complexity index is 468. The van der Waals surface area contributed by atoms with E-state index in [0.29, 0.717) is 11.4 Å². The molecule has 1 rings (SSSR count). The number of nitrogens with zero attached hydrogens (tertiary/aromatic N) is 1. The standard InChI is InChI=1S/C11H15NO4S2/c1-6-7(4-8(13)14)18-10(12-6)17-5-11(2,3)9(15)16/h4-5H2,1-3H3,(H,13,14)(H,15,16). The smallest absolute Gasteiger partial charge is 0.309 e. The Morgan fingerprint density at radius 3 is 2.50 bits per heavy atom. The molecule has 18 heavy (non-hydrogen) atoms. The Kier molecular flexibility index (Phi) is 4.75. The molecule has 0 spiro atoms. The zero-order valence-electron chi connectivity index (χ0n) is 10.4. The zero-order chi connectivity index (χ0) is 13.9. The van der Waals surface area contributed by atoms with Crippen molar-refractivity contribution in [3.63, 3.8) is 0 Å². The van der Waals surface area contributed by atoms with Crippen molar-refractivity contribution in [1.29, 1.82) is 0 Å². The monoisotopic (exact) mass is 289 g/mol. The lowest BCUT2D eigenvalue weighted by Gasteiger charge is -2.16. The molecule has 0 atom stereocenters. The molecule has 0 fully saturated rings. The average Bonchev–Trinajstić information content (AvgIpc) is 2.56. The van der Waals surface area contributed by atoms with E-state index in [-0.39, 0.29) is 6.42 Å². The van der Waals surface area contributed by atoms with Crippen molar-refractivity contribution in [3.8, 4) is 0 Å². The van der Waals surface area contributed by atoms with Gasteiger partial charge >= 0.3 is 11.9 Å². The van der Waals surface area contributed by atoms with Crippen molar-refractivity contribution in [2.45, 2.75) is 31.5 Å². The molecule has 1 aromatic heterocycles. The number of carboxylic acid groups (broad SMARTS) is 2. The third-order valence-electron chi connectivity index (χ3n) is 2.32. The summed E-state index contributed by atoms with van der Waals surface area (Å²) in [7, 11) is 0. The largest absolute Gasteiger partial charge is 0.481 e. The summed E-state index contributed by atoms with van der Waals surface area (Å²) in [6.45, 7) is 5.07. The minimum atomic E-state index is -0.885. The van der Waals surface area contributed by atoms with E-state index in [1.165, 1.54) is 23.1 Å². The van der Waals surface area contributed by atoms with E-state index < -0.39 is 17.4 Å². The number of aliphatic carboxylic acids is 2. The fourth-order valence-electron chi connectivity index (χ4n) is 1.07. The van der Waals surface area contributed by atoms with Crippen LogP contribution in [0.4, 0.5) is 0 Å². The second-order valence-corrected chi connectivity index (χ2v) is 6.84. The Labute approximate surface area is 113 Å². The van der Waals surface area contributed by atoms with Crippen LogP contribution in [0.15, 0.2) is 4.34 Å². The first-order valence-corrected chi connectivity index (χ1v) is 7.07. The molecule has 100 valence electrons. The predicted octanol–water partition coefficient (Wildman–Crippen LogP) is 2.28. The summed E-state index contributed by atoms with van der Waals surface area (Å²) in [4.78, 5) is 26.6. The number of rotatable bonds is 6. The van der Waals surface area contributed by atoms with E-state index in [1.807, 2.05) is 0 Å². The van der Waals surface area contributed by atoms with Crippen LogP contribution in [-0.2, 0) is 16.0 Å². The van der Waals surface area contributed by atoms with Gasteiger partial charge in [-0.15, -0.1) is 11.3 Å². The van der Waals surface area contributed by atoms with Crippen LogP contribution in [0.3, 0.4) is 0 Å². The molecule has 0 bridgehead atoms. The van der Waals surface area contributed by atoms with E-state index in [1.54, 1.807) is 20.8 Å². The summed E-state index contributed by atoms with van der Waals surface area (Å²) in [6, 6.07) is 0. The molecule has 1 aromatic rings. The van der Waals surface area contributed by atoms with Gasteiger partial charge in [0.15, 0.2) is 0 Å². The Morgan fingerprint density at radius 1 is 1.39 bits per heavy atom. The van der Waals surface area contributed by atoms with Gasteiger partial charge in [-0.2, -0.15) is 0 Å². The number of thiazole rings is 1. The maximum Gasteiger partial charge on any atom is 0.309 e. The maximum atomic E-state index is 11.0. The van der Waals surface area contributed by atoms with Crippen molar-refractivity contribution in [1.82, 2.24) is 4.98 Å². The van der Waals surface area contributed by atoms with Crippen LogP contribution in [0.1, 0.15) is 24.4 Å². The number of thioether (sulfide) groups is 1.